The molecule has 0 amide bonds. The monoisotopic (exact) mass is 434 g/mol. The van der Waals surface area contributed by atoms with Crippen molar-refractivity contribution in [2.45, 2.75) is 39.0 Å². The standard InChI is InChI=1S/C19H19BrN2.BrH/c1-12-13(2)22-11-18(20)16-9-8-15(10-17(16)19(22)21-12)14-6-4-3-5-7-14;/h3-7,11,15H,8-10H2,1-2H3;1H. The highest BCUT2D eigenvalue weighted by molar-refractivity contribution is 9.10. The van der Waals surface area contributed by atoms with Crippen LogP contribution in [0, 0.1) is 13.8 Å². The van der Waals surface area contributed by atoms with Gasteiger partial charge in [-0.15, -0.1) is 17.0 Å². The van der Waals surface area contributed by atoms with Crippen LogP contribution in [-0.2, 0) is 12.8 Å². The topological polar surface area (TPSA) is 17.3 Å². The molecule has 0 spiro atoms. The van der Waals surface area contributed by atoms with Gasteiger partial charge in [-0.2, -0.15) is 0 Å². The van der Waals surface area contributed by atoms with Gasteiger partial charge in [-0.1, -0.05) is 30.3 Å². The number of rotatable bonds is 1. The number of imidazole rings is 1. The summed E-state index contributed by atoms with van der Waals surface area (Å²) in [4.78, 5) is 4.84. The molecule has 0 N–H and O–H groups in total. The van der Waals surface area contributed by atoms with Crippen molar-refractivity contribution in [3.05, 3.63) is 69.1 Å². The Bertz CT molecular complexity index is 853. The maximum Gasteiger partial charge on any atom is 0.140 e. The molecule has 1 aromatic carbocycles. The molecule has 3 aromatic rings. The summed E-state index contributed by atoms with van der Waals surface area (Å²) in [5, 5.41) is 0. The molecule has 4 heteroatoms. The molecule has 0 aliphatic heterocycles. The van der Waals surface area contributed by atoms with Gasteiger partial charge in [0.05, 0.1) is 5.69 Å². The van der Waals surface area contributed by atoms with Crippen LogP contribution in [0.15, 0.2) is 41.0 Å². The first-order chi connectivity index (χ1) is 10.6. The molecule has 23 heavy (non-hydrogen) atoms. The first-order valence-electron chi connectivity index (χ1n) is 7.85. The van der Waals surface area contributed by atoms with Gasteiger partial charge in [0, 0.05) is 21.9 Å². The highest BCUT2D eigenvalue weighted by Gasteiger charge is 2.25. The van der Waals surface area contributed by atoms with Gasteiger partial charge in [0.2, 0.25) is 0 Å². The Hall–Kier alpha value is -1.13. The average Bonchev–Trinajstić information content (AvgIpc) is 2.84. The predicted molar refractivity (Wildman–Crippen MR) is 104 cm³/mol. The predicted octanol–water partition coefficient (Wildman–Crippen LogP) is 5.56. The van der Waals surface area contributed by atoms with Crippen LogP contribution in [0.2, 0.25) is 0 Å². The Morgan fingerprint density at radius 3 is 2.61 bits per heavy atom. The van der Waals surface area contributed by atoms with Crippen LogP contribution in [0.1, 0.15) is 40.4 Å². The smallest absolute Gasteiger partial charge is 0.140 e. The van der Waals surface area contributed by atoms with Crippen molar-refractivity contribution in [3.8, 4) is 0 Å². The van der Waals surface area contributed by atoms with E-state index in [2.05, 4.69) is 70.7 Å². The molecule has 2 nitrogen and oxygen atoms in total. The van der Waals surface area contributed by atoms with E-state index in [1.54, 1.807) is 0 Å². The van der Waals surface area contributed by atoms with Gasteiger partial charge in [-0.05, 0) is 66.1 Å². The molecule has 4 rings (SSSR count). The van der Waals surface area contributed by atoms with Gasteiger partial charge < -0.3 is 4.40 Å². The second-order valence-electron chi connectivity index (χ2n) is 6.26. The molecule has 0 bridgehead atoms. The summed E-state index contributed by atoms with van der Waals surface area (Å²) < 4.78 is 3.47. The fraction of sp³-hybridized carbons (Fsp3) is 0.316. The van der Waals surface area contributed by atoms with Gasteiger partial charge in [0.15, 0.2) is 0 Å². The second-order valence-corrected chi connectivity index (χ2v) is 7.12. The third kappa shape index (κ3) is 2.76. The van der Waals surface area contributed by atoms with Gasteiger partial charge in [-0.3, -0.25) is 0 Å². The van der Waals surface area contributed by atoms with Crippen LogP contribution in [0.3, 0.4) is 0 Å². The van der Waals surface area contributed by atoms with E-state index in [1.165, 1.54) is 33.3 Å². The number of hydrogen-bond donors (Lipinski definition) is 0. The molecule has 120 valence electrons. The maximum absolute atomic E-state index is 4.84. The number of aryl methyl sites for hydroxylation is 2. The molecule has 0 fully saturated rings. The Morgan fingerprint density at radius 1 is 1.13 bits per heavy atom. The first-order valence-corrected chi connectivity index (χ1v) is 8.65. The molecule has 0 saturated heterocycles. The fourth-order valence-corrected chi connectivity index (χ4v) is 4.27. The number of halogens is 2. The molecule has 0 radical (unpaired) electrons. The van der Waals surface area contributed by atoms with Crippen LogP contribution in [0.4, 0.5) is 0 Å². The van der Waals surface area contributed by atoms with Gasteiger partial charge >= 0.3 is 0 Å². The van der Waals surface area contributed by atoms with E-state index in [9.17, 15) is 0 Å². The Kier molecular flexibility index (Phi) is 4.65. The summed E-state index contributed by atoms with van der Waals surface area (Å²) in [5.74, 6) is 0.601. The summed E-state index contributed by atoms with van der Waals surface area (Å²) in [7, 11) is 0. The lowest BCUT2D eigenvalue weighted by atomic mass is 9.80. The zero-order valence-corrected chi connectivity index (χ0v) is 16.6. The van der Waals surface area contributed by atoms with Crippen LogP contribution < -0.4 is 0 Å². The van der Waals surface area contributed by atoms with Gasteiger partial charge in [0.25, 0.3) is 0 Å². The number of fused-ring (bicyclic) bond motifs is 3. The summed E-state index contributed by atoms with van der Waals surface area (Å²) in [6.45, 7) is 4.24. The van der Waals surface area contributed by atoms with Crippen molar-refractivity contribution in [2.75, 3.05) is 0 Å². The fourth-order valence-electron chi connectivity index (χ4n) is 3.63. The first kappa shape index (κ1) is 16.7. The van der Waals surface area contributed by atoms with Gasteiger partial charge in [0.1, 0.15) is 5.65 Å². The Morgan fingerprint density at radius 2 is 1.87 bits per heavy atom. The summed E-state index contributed by atoms with van der Waals surface area (Å²) >= 11 is 3.77. The van der Waals surface area contributed by atoms with Crippen molar-refractivity contribution in [2.24, 2.45) is 0 Å². The largest absolute Gasteiger partial charge is 0.303 e. The molecular formula is C19H20Br2N2. The molecule has 2 heterocycles. The van der Waals surface area contributed by atoms with E-state index in [4.69, 9.17) is 4.98 Å². The zero-order valence-electron chi connectivity index (χ0n) is 13.3. The highest BCUT2D eigenvalue weighted by atomic mass is 79.9. The zero-order chi connectivity index (χ0) is 15.3. The van der Waals surface area contributed by atoms with E-state index >= 15 is 0 Å². The highest BCUT2D eigenvalue weighted by Crippen LogP contribution is 2.38. The molecule has 1 atom stereocenters. The lowest BCUT2D eigenvalue weighted by Gasteiger charge is -2.26. The normalized spacial score (nSPS) is 16.9. The second kappa shape index (κ2) is 6.40. The number of nitrogens with zero attached hydrogens (tertiary/aromatic N) is 2. The average molecular weight is 436 g/mol. The summed E-state index contributed by atoms with van der Waals surface area (Å²) in [6, 6.07) is 10.9. The van der Waals surface area contributed by atoms with E-state index in [-0.39, 0.29) is 17.0 Å². The third-order valence-electron chi connectivity index (χ3n) is 5.02. The summed E-state index contributed by atoms with van der Waals surface area (Å²) in [6.07, 6.45) is 5.60. The maximum atomic E-state index is 4.84. The molecule has 2 aromatic heterocycles. The number of pyridine rings is 1. The molecular weight excluding hydrogens is 416 g/mol. The molecule has 0 saturated carbocycles. The van der Waals surface area contributed by atoms with Crippen molar-refractivity contribution in [1.82, 2.24) is 9.38 Å². The minimum absolute atomic E-state index is 0. The van der Waals surface area contributed by atoms with Crippen LogP contribution >= 0.6 is 32.9 Å². The molecule has 1 aliphatic rings. The van der Waals surface area contributed by atoms with E-state index in [1.807, 2.05) is 0 Å². The van der Waals surface area contributed by atoms with Crippen molar-refractivity contribution >= 4 is 38.6 Å². The van der Waals surface area contributed by atoms with E-state index in [0.29, 0.717) is 5.92 Å². The van der Waals surface area contributed by atoms with Crippen molar-refractivity contribution in [1.29, 1.82) is 0 Å². The van der Waals surface area contributed by atoms with Crippen LogP contribution in [0.25, 0.3) is 5.65 Å². The minimum atomic E-state index is 0. The SMILES string of the molecule is Br.Cc1nc2c3c(c(Br)cn2c1C)CCC(c1ccccc1)C3. The molecule has 1 unspecified atom stereocenters. The lowest BCUT2D eigenvalue weighted by Crippen LogP contribution is -2.15. The van der Waals surface area contributed by atoms with Gasteiger partial charge in [-0.25, -0.2) is 4.98 Å². The molecule has 1 aliphatic carbocycles. The number of aromatic nitrogens is 2. The van der Waals surface area contributed by atoms with E-state index in [0.717, 1.165) is 24.2 Å². The minimum Gasteiger partial charge on any atom is -0.303 e. The summed E-state index contributed by atoms with van der Waals surface area (Å²) in [5.41, 5.74) is 7.83. The quantitative estimate of drug-likeness (QED) is 0.488. The van der Waals surface area contributed by atoms with E-state index < -0.39 is 0 Å². The Balaban J connectivity index is 0.00000156. The van der Waals surface area contributed by atoms with Crippen LogP contribution in [0.5, 0.6) is 0 Å². The Labute approximate surface area is 155 Å². The van der Waals surface area contributed by atoms with Crippen molar-refractivity contribution < 1.29 is 0 Å². The lowest BCUT2D eigenvalue weighted by molar-refractivity contribution is 0.583. The van der Waals surface area contributed by atoms with Crippen LogP contribution in [-0.4, -0.2) is 9.38 Å². The number of benzene rings is 1. The number of hydrogen-bond acceptors (Lipinski definition) is 1. The van der Waals surface area contributed by atoms with Crippen molar-refractivity contribution in [3.63, 3.8) is 0 Å². The third-order valence-corrected chi connectivity index (χ3v) is 5.70.